The summed E-state index contributed by atoms with van der Waals surface area (Å²) in [6.07, 6.45) is 6.75. The summed E-state index contributed by atoms with van der Waals surface area (Å²) < 4.78 is 0. The third-order valence-electron chi connectivity index (χ3n) is 4.29. The van der Waals surface area contributed by atoms with Crippen LogP contribution >= 0.6 is 0 Å². The lowest BCUT2D eigenvalue weighted by Crippen LogP contribution is -2.35. The minimum Gasteiger partial charge on any atom is -0.316 e. The van der Waals surface area contributed by atoms with Crippen LogP contribution in [0.4, 0.5) is 0 Å². The minimum absolute atomic E-state index is 0.880. The minimum atomic E-state index is 0.880. The molecule has 1 rings (SSSR count). The predicted molar refractivity (Wildman–Crippen MR) is 76.4 cm³/mol. The molecule has 0 saturated carbocycles. The molecule has 0 bridgehead atoms. The van der Waals surface area contributed by atoms with Gasteiger partial charge in [-0.2, -0.15) is 0 Å². The maximum atomic E-state index is 3.61. The number of piperidine rings is 1. The maximum absolute atomic E-state index is 3.61. The van der Waals surface area contributed by atoms with Crippen molar-refractivity contribution in [3.8, 4) is 0 Å². The van der Waals surface area contributed by atoms with Crippen molar-refractivity contribution in [1.29, 1.82) is 0 Å². The van der Waals surface area contributed by atoms with Crippen LogP contribution in [-0.2, 0) is 0 Å². The molecular formula is C15H32N2. The Morgan fingerprint density at radius 2 is 1.82 bits per heavy atom. The van der Waals surface area contributed by atoms with Crippen LogP contribution in [0, 0.1) is 11.8 Å². The number of hydrogen-bond donors (Lipinski definition) is 1. The Hall–Kier alpha value is -0.0800. The highest BCUT2D eigenvalue weighted by Crippen LogP contribution is 2.15. The zero-order valence-corrected chi connectivity index (χ0v) is 12.2. The van der Waals surface area contributed by atoms with Crippen LogP contribution in [0.15, 0.2) is 0 Å². The van der Waals surface area contributed by atoms with Gasteiger partial charge in [0.25, 0.3) is 0 Å². The number of rotatable bonds is 8. The van der Waals surface area contributed by atoms with Crippen molar-refractivity contribution < 1.29 is 0 Å². The molecule has 0 aromatic carbocycles. The molecule has 0 aliphatic carbocycles. The summed E-state index contributed by atoms with van der Waals surface area (Å²) >= 11 is 0. The van der Waals surface area contributed by atoms with Crippen LogP contribution in [0.2, 0.25) is 0 Å². The van der Waals surface area contributed by atoms with Gasteiger partial charge in [0, 0.05) is 0 Å². The Labute approximate surface area is 108 Å². The molecule has 0 unspecified atom stereocenters. The first-order valence-corrected chi connectivity index (χ1v) is 7.69. The molecule has 17 heavy (non-hydrogen) atoms. The second-order valence-corrected chi connectivity index (χ2v) is 5.76. The van der Waals surface area contributed by atoms with Gasteiger partial charge in [-0.25, -0.2) is 0 Å². The fourth-order valence-corrected chi connectivity index (χ4v) is 2.60. The molecule has 0 radical (unpaired) electrons. The fraction of sp³-hybridized carbons (Fsp3) is 1.00. The standard InChI is InChI=1S/C15H32N2/c1-4-15(5-2)13-16-9-6-10-17-11-7-14(3)8-12-17/h14-16H,4-13H2,1-3H3. The summed E-state index contributed by atoms with van der Waals surface area (Å²) in [6.45, 7) is 13.3. The smallest absolute Gasteiger partial charge is 0.000664 e. The molecule has 0 amide bonds. The summed E-state index contributed by atoms with van der Waals surface area (Å²) in [4.78, 5) is 2.64. The van der Waals surface area contributed by atoms with Crippen molar-refractivity contribution in [3.63, 3.8) is 0 Å². The first-order chi connectivity index (χ1) is 8.26. The van der Waals surface area contributed by atoms with Gasteiger partial charge < -0.3 is 10.2 Å². The average molecular weight is 240 g/mol. The highest BCUT2D eigenvalue weighted by Gasteiger charge is 2.14. The van der Waals surface area contributed by atoms with E-state index in [9.17, 15) is 0 Å². The van der Waals surface area contributed by atoms with Crippen molar-refractivity contribution in [2.45, 2.75) is 52.9 Å². The van der Waals surface area contributed by atoms with Gasteiger partial charge in [-0.15, -0.1) is 0 Å². The van der Waals surface area contributed by atoms with Crippen LogP contribution in [0.5, 0.6) is 0 Å². The van der Waals surface area contributed by atoms with E-state index in [0.29, 0.717) is 0 Å². The third-order valence-corrected chi connectivity index (χ3v) is 4.29. The molecule has 1 aliphatic heterocycles. The average Bonchev–Trinajstić information content (AvgIpc) is 2.36. The van der Waals surface area contributed by atoms with E-state index < -0.39 is 0 Å². The Bertz CT molecular complexity index is 170. The quantitative estimate of drug-likeness (QED) is 0.656. The first kappa shape index (κ1) is 15.0. The predicted octanol–water partition coefficient (Wildman–Crippen LogP) is 3.13. The van der Waals surface area contributed by atoms with Crippen molar-refractivity contribution >= 4 is 0 Å². The van der Waals surface area contributed by atoms with E-state index in [-0.39, 0.29) is 0 Å². The largest absolute Gasteiger partial charge is 0.316 e. The fourth-order valence-electron chi connectivity index (χ4n) is 2.60. The van der Waals surface area contributed by atoms with E-state index in [0.717, 1.165) is 11.8 Å². The lowest BCUT2D eigenvalue weighted by Gasteiger charge is -2.30. The molecule has 102 valence electrons. The highest BCUT2D eigenvalue weighted by atomic mass is 15.1. The van der Waals surface area contributed by atoms with Crippen molar-refractivity contribution in [3.05, 3.63) is 0 Å². The molecular weight excluding hydrogens is 208 g/mol. The molecule has 0 atom stereocenters. The summed E-state index contributed by atoms with van der Waals surface area (Å²) in [6, 6.07) is 0. The molecule has 1 heterocycles. The normalized spacial score (nSPS) is 19.1. The molecule has 0 aromatic heterocycles. The molecule has 0 spiro atoms. The van der Waals surface area contributed by atoms with Gasteiger partial charge >= 0.3 is 0 Å². The Balaban J connectivity index is 1.93. The first-order valence-electron chi connectivity index (χ1n) is 7.69. The number of nitrogens with one attached hydrogen (secondary N) is 1. The Morgan fingerprint density at radius 1 is 1.18 bits per heavy atom. The summed E-state index contributed by atoms with van der Waals surface area (Å²) in [5.74, 6) is 1.84. The molecule has 1 N–H and O–H groups in total. The summed E-state index contributed by atoms with van der Waals surface area (Å²) in [5.41, 5.74) is 0. The van der Waals surface area contributed by atoms with E-state index in [1.165, 1.54) is 64.8 Å². The molecule has 1 aliphatic rings. The van der Waals surface area contributed by atoms with Gasteiger partial charge in [0.15, 0.2) is 0 Å². The summed E-state index contributed by atoms with van der Waals surface area (Å²) in [5, 5.41) is 3.61. The Kier molecular flexibility index (Phi) is 7.87. The lowest BCUT2D eigenvalue weighted by molar-refractivity contribution is 0.190. The molecule has 1 saturated heterocycles. The van der Waals surface area contributed by atoms with Gasteiger partial charge in [-0.3, -0.25) is 0 Å². The Morgan fingerprint density at radius 3 is 2.41 bits per heavy atom. The molecule has 1 fully saturated rings. The summed E-state index contributed by atoms with van der Waals surface area (Å²) in [7, 11) is 0. The number of hydrogen-bond acceptors (Lipinski definition) is 2. The van der Waals surface area contributed by atoms with E-state index in [2.05, 4.69) is 31.0 Å². The van der Waals surface area contributed by atoms with E-state index in [1.807, 2.05) is 0 Å². The zero-order valence-electron chi connectivity index (χ0n) is 12.2. The zero-order chi connectivity index (χ0) is 12.5. The molecule has 0 aromatic rings. The second kappa shape index (κ2) is 8.93. The van der Waals surface area contributed by atoms with Crippen LogP contribution in [0.3, 0.4) is 0 Å². The van der Waals surface area contributed by atoms with Crippen molar-refractivity contribution in [1.82, 2.24) is 10.2 Å². The van der Waals surface area contributed by atoms with Gasteiger partial charge in [-0.05, 0) is 63.8 Å². The molecule has 2 nitrogen and oxygen atoms in total. The van der Waals surface area contributed by atoms with E-state index >= 15 is 0 Å². The number of likely N-dealkylation sites (tertiary alicyclic amines) is 1. The van der Waals surface area contributed by atoms with Crippen molar-refractivity contribution in [2.24, 2.45) is 11.8 Å². The van der Waals surface area contributed by atoms with Gasteiger partial charge in [-0.1, -0.05) is 33.6 Å². The van der Waals surface area contributed by atoms with Gasteiger partial charge in [0.05, 0.1) is 0 Å². The lowest BCUT2D eigenvalue weighted by atomic mass is 9.99. The number of nitrogens with zero attached hydrogens (tertiary/aromatic N) is 1. The van der Waals surface area contributed by atoms with Crippen LogP contribution in [0.1, 0.15) is 52.9 Å². The SMILES string of the molecule is CCC(CC)CNCCCN1CCC(C)CC1. The second-order valence-electron chi connectivity index (χ2n) is 5.76. The maximum Gasteiger partial charge on any atom is -0.000664 e. The van der Waals surface area contributed by atoms with Gasteiger partial charge in [0.1, 0.15) is 0 Å². The van der Waals surface area contributed by atoms with Crippen molar-refractivity contribution in [2.75, 3.05) is 32.7 Å². The third kappa shape index (κ3) is 6.42. The molecule has 2 heteroatoms. The van der Waals surface area contributed by atoms with Crippen LogP contribution in [0.25, 0.3) is 0 Å². The highest BCUT2D eigenvalue weighted by molar-refractivity contribution is 4.69. The van der Waals surface area contributed by atoms with E-state index in [4.69, 9.17) is 0 Å². The monoisotopic (exact) mass is 240 g/mol. The van der Waals surface area contributed by atoms with Crippen LogP contribution < -0.4 is 5.32 Å². The topological polar surface area (TPSA) is 15.3 Å². The van der Waals surface area contributed by atoms with Crippen LogP contribution in [-0.4, -0.2) is 37.6 Å². The van der Waals surface area contributed by atoms with Gasteiger partial charge in [0.2, 0.25) is 0 Å². The van der Waals surface area contributed by atoms with E-state index in [1.54, 1.807) is 0 Å².